The zero-order valence-electron chi connectivity index (χ0n) is 9.82. The molecular formula is C12H18ClNO2. The SMILES string of the molecule is COC(=O)C(N)Cc1ccc(C)cc1C.Cl. The van der Waals surface area contributed by atoms with Crippen LogP contribution < -0.4 is 5.73 Å². The summed E-state index contributed by atoms with van der Waals surface area (Å²) < 4.78 is 4.58. The number of esters is 1. The van der Waals surface area contributed by atoms with Gasteiger partial charge in [0.2, 0.25) is 0 Å². The van der Waals surface area contributed by atoms with Crippen molar-refractivity contribution in [2.45, 2.75) is 26.3 Å². The second kappa shape index (κ2) is 6.51. The Labute approximate surface area is 102 Å². The summed E-state index contributed by atoms with van der Waals surface area (Å²) in [4.78, 5) is 11.1. The van der Waals surface area contributed by atoms with Gasteiger partial charge in [0, 0.05) is 0 Å². The number of rotatable bonds is 3. The molecular weight excluding hydrogens is 226 g/mol. The van der Waals surface area contributed by atoms with Gasteiger partial charge in [-0.1, -0.05) is 23.8 Å². The number of benzene rings is 1. The van der Waals surface area contributed by atoms with Crippen molar-refractivity contribution < 1.29 is 9.53 Å². The quantitative estimate of drug-likeness (QED) is 0.824. The molecule has 1 atom stereocenters. The van der Waals surface area contributed by atoms with Crippen molar-refractivity contribution in [2.75, 3.05) is 7.11 Å². The van der Waals surface area contributed by atoms with E-state index < -0.39 is 6.04 Å². The number of carbonyl (C=O) groups is 1. The van der Waals surface area contributed by atoms with Crippen molar-refractivity contribution in [3.8, 4) is 0 Å². The van der Waals surface area contributed by atoms with Gasteiger partial charge < -0.3 is 10.5 Å². The molecule has 0 aliphatic heterocycles. The molecule has 0 bridgehead atoms. The van der Waals surface area contributed by atoms with Gasteiger partial charge in [-0.2, -0.15) is 0 Å². The third-order valence-electron chi connectivity index (χ3n) is 2.44. The van der Waals surface area contributed by atoms with Gasteiger partial charge in [-0.3, -0.25) is 4.79 Å². The van der Waals surface area contributed by atoms with Crippen molar-refractivity contribution in [1.82, 2.24) is 0 Å². The van der Waals surface area contributed by atoms with Crippen LogP contribution in [0.3, 0.4) is 0 Å². The normalized spacial score (nSPS) is 11.5. The van der Waals surface area contributed by atoms with Gasteiger partial charge in [-0.15, -0.1) is 12.4 Å². The highest BCUT2D eigenvalue weighted by Crippen LogP contribution is 2.12. The molecule has 1 aromatic carbocycles. The van der Waals surface area contributed by atoms with Crippen molar-refractivity contribution in [3.05, 3.63) is 34.9 Å². The van der Waals surface area contributed by atoms with Crippen LogP contribution in [0, 0.1) is 13.8 Å². The predicted octanol–water partition coefficient (Wildman–Crippen LogP) is 1.77. The smallest absolute Gasteiger partial charge is 0.322 e. The lowest BCUT2D eigenvalue weighted by atomic mass is 10.00. The summed E-state index contributed by atoms with van der Waals surface area (Å²) in [5.41, 5.74) is 9.16. The lowest BCUT2D eigenvalue weighted by Crippen LogP contribution is -2.33. The molecule has 0 radical (unpaired) electrons. The van der Waals surface area contributed by atoms with E-state index in [0.29, 0.717) is 6.42 Å². The first-order chi connectivity index (χ1) is 7.04. The van der Waals surface area contributed by atoms with E-state index >= 15 is 0 Å². The number of aryl methyl sites for hydroxylation is 2. The summed E-state index contributed by atoms with van der Waals surface area (Å²) in [5.74, 6) is -0.366. The molecule has 2 N–H and O–H groups in total. The lowest BCUT2D eigenvalue weighted by Gasteiger charge is -2.11. The molecule has 16 heavy (non-hydrogen) atoms. The van der Waals surface area contributed by atoms with E-state index in [1.165, 1.54) is 12.7 Å². The fourth-order valence-electron chi connectivity index (χ4n) is 1.55. The largest absolute Gasteiger partial charge is 0.468 e. The fraction of sp³-hybridized carbons (Fsp3) is 0.417. The molecule has 1 aromatic rings. The van der Waals surface area contributed by atoms with Gasteiger partial charge in [-0.05, 0) is 31.4 Å². The minimum Gasteiger partial charge on any atom is -0.468 e. The Morgan fingerprint density at radius 1 is 1.44 bits per heavy atom. The van der Waals surface area contributed by atoms with Crippen LogP contribution in [0.2, 0.25) is 0 Å². The van der Waals surface area contributed by atoms with Crippen LogP contribution in [0.1, 0.15) is 16.7 Å². The fourth-order valence-corrected chi connectivity index (χ4v) is 1.55. The number of hydrogen-bond acceptors (Lipinski definition) is 3. The van der Waals surface area contributed by atoms with Crippen LogP contribution in [0.4, 0.5) is 0 Å². The van der Waals surface area contributed by atoms with Crippen molar-refractivity contribution in [3.63, 3.8) is 0 Å². The predicted molar refractivity (Wildman–Crippen MR) is 66.9 cm³/mol. The van der Waals surface area contributed by atoms with Crippen LogP contribution in [0.25, 0.3) is 0 Å². The van der Waals surface area contributed by atoms with E-state index in [2.05, 4.69) is 10.8 Å². The number of nitrogens with two attached hydrogens (primary N) is 1. The number of methoxy groups -OCH3 is 1. The van der Waals surface area contributed by atoms with Crippen molar-refractivity contribution in [1.29, 1.82) is 0 Å². The molecule has 3 nitrogen and oxygen atoms in total. The minimum absolute atomic E-state index is 0. The van der Waals surface area contributed by atoms with Crippen LogP contribution >= 0.6 is 12.4 Å². The molecule has 0 aliphatic rings. The molecule has 0 aliphatic carbocycles. The third-order valence-corrected chi connectivity index (χ3v) is 2.44. The molecule has 1 unspecified atom stereocenters. The van der Waals surface area contributed by atoms with Gasteiger partial charge in [0.1, 0.15) is 6.04 Å². The topological polar surface area (TPSA) is 52.3 Å². The summed E-state index contributed by atoms with van der Waals surface area (Å²) in [5, 5.41) is 0. The first-order valence-corrected chi connectivity index (χ1v) is 4.94. The molecule has 0 amide bonds. The second-order valence-corrected chi connectivity index (χ2v) is 3.76. The Morgan fingerprint density at radius 3 is 2.56 bits per heavy atom. The highest BCUT2D eigenvalue weighted by Gasteiger charge is 2.14. The standard InChI is InChI=1S/C12H17NO2.ClH/c1-8-4-5-10(9(2)6-8)7-11(13)12(14)15-3;/h4-6,11H,7,13H2,1-3H3;1H. The highest BCUT2D eigenvalue weighted by molar-refractivity contribution is 5.85. The second-order valence-electron chi connectivity index (χ2n) is 3.76. The molecule has 4 heteroatoms. The van der Waals surface area contributed by atoms with Crippen LogP contribution in [0.5, 0.6) is 0 Å². The molecule has 0 saturated heterocycles. The van der Waals surface area contributed by atoms with E-state index in [-0.39, 0.29) is 18.4 Å². The number of halogens is 1. The summed E-state index contributed by atoms with van der Waals surface area (Å²) in [6.07, 6.45) is 0.527. The molecule has 0 heterocycles. The van der Waals surface area contributed by atoms with Gasteiger partial charge in [-0.25, -0.2) is 0 Å². The van der Waals surface area contributed by atoms with Crippen LogP contribution in [-0.4, -0.2) is 19.1 Å². The monoisotopic (exact) mass is 243 g/mol. The summed E-state index contributed by atoms with van der Waals surface area (Å²) in [7, 11) is 1.35. The van der Waals surface area contributed by atoms with Gasteiger partial charge in [0.05, 0.1) is 7.11 Å². The Kier molecular flexibility index (Phi) is 6.08. The molecule has 0 saturated carbocycles. The summed E-state index contributed by atoms with van der Waals surface area (Å²) >= 11 is 0. The van der Waals surface area contributed by atoms with Crippen LogP contribution in [-0.2, 0) is 16.0 Å². The molecule has 0 aromatic heterocycles. The number of hydrogen-bond donors (Lipinski definition) is 1. The minimum atomic E-state index is -0.573. The summed E-state index contributed by atoms with van der Waals surface area (Å²) in [6.45, 7) is 4.06. The highest BCUT2D eigenvalue weighted by atomic mass is 35.5. The lowest BCUT2D eigenvalue weighted by molar-refractivity contribution is -0.142. The third kappa shape index (κ3) is 3.83. The van der Waals surface area contributed by atoms with Crippen molar-refractivity contribution >= 4 is 18.4 Å². The Hall–Kier alpha value is -1.06. The maximum Gasteiger partial charge on any atom is 0.322 e. The van der Waals surface area contributed by atoms with Gasteiger partial charge in [0.15, 0.2) is 0 Å². The van der Waals surface area contributed by atoms with E-state index in [1.807, 2.05) is 26.0 Å². The first-order valence-electron chi connectivity index (χ1n) is 4.94. The zero-order valence-corrected chi connectivity index (χ0v) is 10.6. The van der Waals surface area contributed by atoms with Crippen LogP contribution in [0.15, 0.2) is 18.2 Å². The van der Waals surface area contributed by atoms with E-state index in [9.17, 15) is 4.79 Å². The average molecular weight is 244 g/mol. The van der Waals surface area contributed by atoms with Crippen molar-refractivity contribution in [2.24, 2.45) is 5.73 Å². The molecule has 90 valence electrons. The zero-order chi connectivity index (χ0) is 11.4. The molecule has 1 rings (SSSR count). The van der Waals surface area contributed by atoms with E-state index in [0.717, 1.165) is 11.1 Å². The van der Waals surface area contributed by atoms with E-state index in [1.54, 1.807) is 0 Å². The van der Waals surface area contributed by atoms with E-state index in [4.69, 9.17) is 5.73 Å². The van der Waals surface area contributed by atoms with Gasteiger partial charge >= 0.3 is 5.97 Å². The maximum absolute atomic E-state index is 11.1. The first kappa shape index (κ1) is 14.9. The summed E-state index contributed by atoms with van der Waals surface area (Å²) in [6, 6.07) is 5.54. The maximum atomic E-state index is 11.1. The number of carbonyl (C=O) groups excluding carboxylic acids is 1. The Bertz CT molecular complexity index is 366. The molecule has 0 fully saturated rings. The van der Waals surface area contributed by atoms with Gasteiger partial charge in [0.25, 0.3) is 0 Å². The number of ether oxygens (including phenoxy) is 1. The molecule has 0 spiro atoms. The Balaban J connectivity index is 0.00000225. The Morgan fingerprint density at radius 2 is 2.06 bits per heavy atom. The average Bonchev–Trinajstić information content (AvgIpc) is 2.20.